The minimum Gasteiger partial charge on any atom is -0.740 e. The van der Waals surface area contributed by atoms with Crippen molar-refractivity contribution in [3.05, 3.63) is 35.2 Å². The van der Waals surface area contributed by atoms with Gasteiger partial charge in [0.1, 0.15) is 17.0 Å². The molecule has 27 heavy (non-hydrogen) atoms. The van der Waals surface area contributed by atoms with Crippen LogP contribution in [0, 0.1) is 5.21 Å². The molecule has 0 bridgehead atoms. The number of hydrogen-bond donors (Lipinski definition) is 1. The van der Waals surface area contributed by atoms with E-state index in [1.165, 1.54) is 25.7 Å². The van der Waals surface area contributed by atoms with Gasteiger partial charge >= 0.3 is 5.95 Å². The molecule has 0 spiro atoms. The number of nitrogens with zero attached hydrogens (tertiary/aromatic N) is 3. The Kier molecular flexibility index (Phi) is 4.81. The average Bonchev–Trinajstić information content (AvgIpc) is 3.40. The summed E-state index contributed by atoms with van der Waals surface area (Å²) in [6.07, 6.45) is 11.8. The van der Waals surface area contributed by atoms with Crippen LogP contribution in [-0.2, 0) is 6.42 Å². The molecule has 0 saturated heterocycles. The number of aromatic nitrogens is 2. The van der Waals surface area contributed by atoms with Crippen LogP contribution < -0.4 is 20.1 Å². The van der Waals surface area contributed by atoms with E-state index in [9.17, 15) is 5.21 Å². The number of allylic oxidation sites excluding steroid dienone is 2. The standard InChI is InChI=1S/C21H28N4O2/c1-3-4-9-17-20-18(24(2)14-10-11-14)12-16(27-15-7-5-6-8-15)13-19(20)25(26)21(22)23-17/h3-4,12-15H,5-11H2,1-2H3,(H2,22,23). The normalized spacial score (nSPS) is 17.9. The van der Waals surface area contributed by atoms with E-state index in [0.717, 1.165) is 40.1 Å². The molecule has 6 nitrogen and oxygen atoms in total. The van der Waals surface area contributed by atoms with Gasteiger partial charge in [0.2, 0.25) is 0 Å². The summed E-state index contributed by atoms with van der Waals surface area (Å²) in [6.45, 7) is 1.98. The van der Waals surface area contributed by atoms with Crippen molar-refractivity contribution in [2.24, 2.45) is 0 Å². The lowest BCUT2D eigenvalue weighted by Gasteiger charge is -2.24. The lowest BCUT2D eigenvalue weighted by molar-refractivity contribution is -0.564. The molecule has 2 N–H and O–H groups in total. The smallest absolute Gasteiger partial charge is 0.390 e. The van der Waals surface area contributed by atoms with Gasteiger partial charge in [-0.25, -0.2) is 4.73 Å². The topological polar surface area (TPSA) is 78.3 Å². The van der Waals surface area contributed by atoms with Crippen LogP contribution in [0.15, 0.2) is 24.3 Å². The Morgan fingerprint density at radius 2 is 2.04 bits per heavy atom. The van der Waals surface area contributed by atoms with Crippen LogP contribution in [0.1, 0.15) is 51.1 Å². The van der Waals surface area contributed by atoms with Crippen molar-refractivity contribution in [1.29, 1.82) is 0 Å². The van der Waals surface area contributed by atoms with Crippen LogP contribution in [0.5, 0.6) is 5.75 Å². The highest BCUT2D eigenvalue weighted by molar-refractivity contribution is 5.94. The highest BCUT2D eigenvalue weighted by atomic mass is 16.5. The van der Waals surface area contributed by atoms with Crippen molar-refractivity contribution in [3.8, 4) is 5.75 Å². The molecule has 0 atom stereocenters. The summed E-state index contributed by atoms with van der Waals surface area (Å²) in [5.41, 5.74) is 8.32. The largest absolute Gasteiger partial charge is 0.740 e. The minimum atomic E-state index is -0.0138. The zero-order valence-corrected chi connectivity index (χ0v) is 16.1. The summed E-state index contributed by atoms with van der Waals surface area (Å²) in [5.74, 6) is 0.740. The number of benzene rings is 1. The molecular formula is C21H28N4O2. The fraction of sp³-hybridized carbons (Fsp3) is 0.524. The quantitative estimate of drug-likeness (QED) is 0.480. The predicted octanol–water partition coefficient (Wildman–Crippen LogP) is 3.49. The molecule has 0 unspecified atom stereocenters. The molecular weight excluding hydrogens is 340 g/mol. The molecule has 0 amide bonds. The highest BCUT2D eigenvalue weighted by Gasteiger charge is 2.30. The van der Waals surface area contributed by atoms with Crippen LogP contribution in [0.25, 0.3) is 10.9 Å². The van der Waals surface area contributed by atoms with Crippen molar-refractivity contribution in [2.45, 2.75) is 64.0 Å². The molecule has 144 valence electrons. The Labute approximate surface area is 160 Å². The lowest BCUT2D eigenvalue weighted by Crippen LogP contribution is -2.34. The maximum absolute atomic E-state index is 12.7. The molecule has 6 heteroatoms. The van der Waals surface area contributed by atoms with Crippen molar-refractivity contribution >= 4 is 22.5 Å². The van der Waals surface area contributed by atoms with Crippen molar-refractivity contribution in [3.63, 3.8) is 0 Å². The van der Waals surface area contributed by atoms with Gasteiger partial charge in [-0.3, -0.25) is 5.73 Å². The first-order valence-electron chi connectivity index (χ1n) is 9.94. The average molecular weight is 368 g/mol. The molecule has 2 aliphatic carbocycles. The second-order valence-electron chi connectivity index (χ2n) is 7.69. The highest BCUT2D eigenvalue weighted by Crippen LogP contribution is 2.39. The number of nitrogen functional groups attached to an aromatic ring is 1. The van der Waals surface area contributed by atoms with Gasteiger partial charge in [0.25, 0.3) is 0 Å². The number of ether oxygens (including phenoxy) is 1. The first kappa shape index (κ1) is 17.9. The van der Waals surface area contributed by atoms with Gasteiger partial charge in [-0.2, -0.15) is 0 Å². The van der Waals surface area contributed by atoms with E-state index < -0.39 is 0 Å². The van der Waals surface area contributed by atoms with Gasteiger partial charge in [-0.15, -0.1) is 0 Å². The molecule has 1 aromatic heterocycles. The zero-order chi connectivity index (χ0) is 19.0. The molecule has 0 radical (unpaired) electrons. The Hall–Kier alpha value is -2.50. The summed E-state index contributed by atoms with van der Waals surface area (Å²) in [6, 6.07) is 4.43. The zero-order valence-electron chi connectivity index (χ0n) is 16.1. The Morgan fingerprint density at radius 3 is 2.70 bits per heavy atom. The Balaban J connectivity index is 1.88. The maximum atomic E-state index is 12.7. The minimum absolute atomic E-state index is 0.0138. The van der Waals surface area contributed by atoms with Gasteiger partial charge in [-0.1, -0.05) is 17.1 Å². The van der Waals surface area contributed by atoms with Gasteiger partial charge in [0.15, 0.2) is 0 Å². The van der Waals surface area contributed by atoms with E-state index in [1.807, 2.05) is 25.1 Å². The number of hydrogen-bond acceptors (Lipinski definition) is 5. The fourth-order valence-electron chi connectivity index (χ4n) is 3.99. The number of nitrogens with two attached hydrogens (primary N) is 1. The molecule has 1 heterocycles. The summed E-state index contributed by atoms with van der Waals surface area (Å²) in [7, 11) is 2.09. The number of anilines is 2. The van der Waals surface area contributed by atoms with Crippen molar-refractivity contribution in [1.82, 2.24) is 4.98 Å². The first-order valence-corrected chi connectivity index (χ1v) is 9.94. The van der Waals surface area contributed by atoms with Crippen molar-refractivity contribution in [2.75, 3.05) is 17.7 Å². The molecule has 2 saturated carbocycles. The molecule has 2 fully saturated rings. The molecule has 2 aromatic rings. The third kappa shape index (κ3) is 3.53. The van der Waals surface area contributed by atoms with Crippen LogP contribution in [0.2, 0.25) is 0 Å². The third-order valence-electron chi connectivity index (χ3n) is 5.66. The summed E-state index contributed by atoms with van der Waals surface area (Å²) in [5, 5.41) is 13.6. The van der Waals surface area contributed by atoms with E-state index in [4.69, 9.17) is 10.5 Å². The fourth-order valence-corrected chi connectivity index (χ4v) is 3.99. The van der Waals surface area contributed by atoms with Gasteiger partial charge in [0, 0.05) is 31.6 Å². The molecule has 0 aliphatic heterocycles. The van der Waals surface area contributed by atoms with Gasteiger partial charge < -0.3 is 14.8 Å². The number of fused-ring (bicyclic) bond motifs is 1. The summed E-state index contributed by atoms with van der Waals surface area (Å²) >= 11 is 0. The molecule has 1 aromatic carbocycles. The Bertz CT molecular complexity index is 870. The van der Waals surface area contributed by atoms with Gasteiger partial charge in [-0.05, 0) is 45.4 Å². The SMILES string of the molecule is CC=CCc1nc(N)[n+]([O-])c2cc(OC3CCCC3)cc(N(C)C3CC3)c12. The van der Waals surface area contributed by atoms with Crippen molar-refractivity contribution < 1.29 is 9.47 Å². The molecule has 2 aliphatic rings. The van der Waals surface area contributed by atoms with E-state index in [1.54, 1.807) is 0 Å². The van der Waals surface area contributed by atoms with E-state index in [-0.39, 0.29) is 12.1 Å². The van der Waals surface area contributed by atoms with E-state index >= 15 is 0 Å². The monoisotopic (exact) mass is 368 g/mol. The van der Waals surface area contributed by atoms with Crippen LogP contribution in [0.3, 0.4) is 0 Å². The van der Waals surface area contributed by atoms with Gasteiger partial charge in [0.05, 0.1) is 17.2 Å². The summed E-state index contributed by atoms with van der Waals surface area (Å²) in [4.78, 5) is 6.67. The third-order valence-corrected chi connectivity index (χ3v) is 5.66. The van der Waals surface area contributed by atoms with E-state index in [2.05, 4.69) is 23.0 Å². The second-order valence-corrected chi connectivity index (χ2v) is 7.69. The summed E-state index contributed by atoms with van der Waals surface area (Å²) < 4.78 is 6.97. The Morgan fingerprint density at radius 1 is 1.30 bits per heavy atom. The van der Waals surface area contributed by atoms with Crippen LogP contribution in [-0.4, -0.2) is 24.2 Å². The predicted molar refractivity (Wildman–Crippen MR) is 108 cm³/mol. The number of rotatable bonds is 6. The molecule has 4 rings (SSSR count). The second kappa shape index (κ2) is 7.25. The first-order chi connectivity index (χ1) is 13.1. The maximum Gasteiger partial charge on any atom is 0.390 e. The van der Waals surface area contributed by atoms with Crippen LogP contribution in [0.4, 0.5) is 11.6 Å². The van der Waals surface area contributed by atoms with E-state index in [0.29, 0.717) is 18.0 Å². The van der Waals surface area contributed by atoms with Crippen LogP contribution >= 0.6 is 0 Å². The lowest BCUT2D eigenvalue weighted by atomic mass is 10.1.